The van der Waals surface area contributed by atoms with Gasteiger partial charge < -0.3 is 10.4 Å². The predicted octanol–water partition coefficient (Wildman–Crippen LogP) is 3.86. The van der Waals surface area contributed by atoms with Crippen molar-refractivity contribution < 1.29 is 14.7 Å². The quantitative estimate of drug-likeness (QED) is 0.821. The van der Waals surface area contributed by atoms with Crippen molar-refractivity contribution in [1.29, 1.82) is 0 Å². The number of carboxylic acids is 1. The van der Waals surface area contributed by atoms with Crippen LogP contribution in [0.1, 0.15) is 15.2 Å². The maximum atomic E-state index is 11.7. The molecule has 1 aromatic carbocycles. The Labute approximate surface area is 127 Å². The Morgan fingerprint density at radius 2 is 1.85 bits per heavy atom. The van der Waals surface area contributed by atoms with Crippen LogP contribution in [-0.2, 0) is 4.79 Å². The molecule has 1 heterocycles. The summed E-state index contributed by atoms with van der Waals surface area (Å²) < 4.78 is 1.00. The Bertz CT molecular complexity index is 661. The van der Waals surface area contributed by atoms with Crippen LogP contribution in [-0.4, -0.2) is 17.0 Å². The molecule has 6 heteroatoms. The minimum absolute atomic E-state index is 0.182. The number of anilines is 1. The van der Waals surface area contributed by atoms with Crippen LogP contribution in [0.25, 0.3) is 6.08 Å². The van der Waals surface area contributed by atoms with Crippen LogP contribution in [0.15, 0.2) is 46.3 Å². The number of hydrogen-bond donors (Lipinski definition) is 2. The standard InChI is InChI=1S/C14H10BrNO3S/c15-12-7-5-11(20-12)6-8-13(17)16-10-3-1-9(2-4-10)14(18)19/h1-8H,(H,16,17)(H,18,19)/b8-6+. The summed E-state index contributed by atoms with van der Waals surface area (Å²) in [5.41, 5.74) is 0.735. The molecule has 0 spiro atoms. The third-order valence-electron chi connectivity index (χ3n) is 2.39. The molecule has 0 aliphatic rings. The van der Waals surface area contributed by atoms with Crippen molar-refractivity contribution >= 4 is 50.9 Å². The molecular formula is C14H10BrNO3S. The van der Waals surface area contributed by atoms with E-state index in [1.807, 2.05) is 12.1 Å². The van der Waals surface area contributed by atoms with Crippen LogP contribution in [0.2, 0.25) is 0 Å². The molecule has 0 aliphatic carbocycles. The Hall–Kier alpha value is -1.92. The van der Waals surface area contributed by atoms with Crippen molar-refractivity contribution in [2.45, 2.75) is 0 Å². The molecule has 0 aliphatic heterocycles. The van der Waals surface area contributed by atoms with Crippen molar-refractivity contribution in [2.24, 2.45) is 0 Å². The minimum Gasteiger partial charge on any atom is -0.478 e. The summed E-state index contributed by atoms with van der Waals surface area (Å²) in [5, 5.41) is 11.4. The zero-order valence-electron chi connectivity index (χ0n) is 10.2. The van der Waals surface area contributed by atoms with Crippen molar-refractivity contribution in [2.75, 3.05) is 5.32 Å². The molecule has 1 amide bonds. The molecule has 1 aromatic heterocycles. The molecule has 2 aromatic rings. The largest absolute Gasteiger partial charge is 0.478 e. The van der Waals surface area contributed by atoms with Gasteiger partial charge >= 0.3 is 5.97 Å². The first-order chi connectivity index (χ1) is 9.54. The topological polar surface area (TPSA) is 66.4 Å². The Morgan fingerprint density at radius 1 is 1.15 bits per heavy atom. The smallest absolute Gasteiger partial charge is 0.335 e. The van der Waals surface area contributed by atoms with Gasteiger partial charge in [0, 0.05) is 16.6 Å². The van der Waals surface area contributed by atoms with E-state index in [0.717, 1.165) is 8.66 Å². The molecular weight excluding hydrogens is 342 g/mol. The fourth-order valence-electron chi connectivity index (χ4n) is 1.46. The van der Waals surface area contributed by atoms with Gasteiger partial charge in [0.1, 0.15) is 0 Å². The number of carboxylic acid groups (broad SMARTS) is 1. The number of rotatable bonds is 4. The molecule has 0 saturated heterocycles. The van der Waals surface area contributed by atoms with Gasteiger partial charge in [-0.2, -0.15) is 0 Å². The predicted molar refractivity (Wildman–Crippen MR) is 83.1 cm³/mol. The molecule has 2 rings (SSSR count). The highest BCUT2D eigenvalue weighted by atomic mass is 79.9. The summed E-state index contributed by atoms with van der Waals surface area (Å²) in [6.45, 7) is 0. The highest BCUT2D eigenvalue weighted by Gasteiger charge is 2.03. The van der Waals surface area contributed by atoms with Gasteiger partial charge in [-0.3, -0.25) is 4.79 Å². The summed E-state index contributed by atoms with van der Waals surface area (Å²) in [7, 11) is 0. The Kier molecular flexibility index (Phi) is 4.70. The van der Waals surface area contributed by atoms with E-state index in [9.17, 15) is 9.59 Å². The van der Waals surface area contributed by atoms with E-state index >= 15 is 0 Å². The highest BCUT2D eigenvalue weighted by molar-refractivity contribution is 9.11. The molecule has 0 unspecified atom stereocenters. The maximum Gasteiger partial charge on any atom is 0.335 e. The average molecular weight is 352 g/mol. The fraction of sp³-hybridized carbons (Fsp3) is 0. The summed E-state index contributed by atoms with van der Waals surface area (Å²) in [6, 6.07) is 9.80. The molecule has 20 heavy (non-hydrogen) atoms. The van der Waals surface area contributed by atoms with Crippen LogP contribution in [0.5, 0.6) is 0 Å². The first-order valence-electron chi connectivity index (χ1n) is 5.62. The Balaban J connectivity index is 1.97. The van der Waals surface area contributed by atoms with Crippen molar-refractivity contribution in [1.82, 2.24) is 0 Å². The SMILES string of the molecule is O=C(/C=C/c1ccc(Br)s1)Nc1ccc(C(=O)O)cc1. The first-order valence-corrected chi connectivity index (χ1v) is 7.23. The van der Waals surface area contributed by atoms with Crippen LogP contribution < -0.4 is 5.32 Å². The number of carbonyl (C=O) groups excluding carboxylic acids is 1. The number of aromatic carboxylic acids is 1. The Morgan fingerprint density at radius 3 is 2.40 bits per heavy atom. The second-order valence-electron chi connectivity index (χ2n) is 3.85. The fourth-order valence-corrected chi connectivity index (χ4v) is 2.78. The second kappa shape index (κ2) is 6.49. The second-order valence-corrected chi connectivity index (χ2v) is 6.34. The maximum absolute atomic E-state index is 11.7. The van der Waals surface area contributed by atoms with Gasteiger partial charge in [-0.25, -0.2) is 4.79 Å². The van der Waals surface area contributed by atoms with Gasteiger partial charge in [-0.05, 0) is 58.4 Å². The third kappa shape index (κ3) is 4.04. The lowest BCUT2D eigenvalue weighted by molar-refractivity contribution is -0.111. The lowest BCUT2D eigenvalue weighted by Crippen LogP contribution is -2.07. The normalized spacial score (nSPS) is 10.7. The molecule has 0 radical (unpaired) electrons. The number of carbonyl (C=O) groups is 2. The summed E-state index contributed by atoms with van der Waals surface area (Å²) >= 11 is 4.87. The van der Waals surface area contributed by atoms with E-state index in [2.05, 4.69) is 21.2 Å². The number of benzene rings is 1. The van der Waals surface area contributed by atoms with Crippen LogP contribution in [0.4, 0.5) is 5.69 Å². The lowest BCUT2D eigenvalue weighted by atomic mass is 10.2. The van der Waals surface area contributed by atoms with Gasteiger partial charge in [-0.1, -0.05) is 0 Å². The number of halogens is 1. The van der Waals surface area contributed by atoms with Gasteiger partial charge in [0.15, 0.2) is 0 Å². The van der Waals surface area contributed by atoms with Crippen LogP contribution in [0, 0.1) is 0 Å². The number of hydrogen-bond acceptors (Lipinski definition) is 3. The monoisotopic (exact) mass is 351 g/mol. The molecule has 102 valence electrons. The van der Waals surface area contributed by atoms with E-state index in [0.29, 0.717) is 5.69 Å². The molecule has 0 saturated carbocycles. The van der Waals surface area contributed by atoms with Crippen molar-refractivity contribution in [3.63, 3.8) is 0 Å². The first kappa shape index (κ1) is 14.5. The van der Waals surface area contributed by atoms with Crippen molar-refractivity contribution in [3.8, 4) is 0 Å². The van der Waals surface area contributed by atoms with E-state index in [1.54, 1.807) is 18.2 Å². The minimum atomic E-state index is -0.994. The molecule has 0 fully saturated rings. The molecule has 0 atom stereocenters. The van der Waals surface area contributed by atoms with E-state index in [4.69, 9.17) is 5.11 Å². The lowest BCUT2D eigenvalue weighted by Gasteiger charge is -2.02. The van der Waals surface area contributed by atoms with E-state index < -0.39 is 5.97 Å². The summed E-state index contributed by atoms with van der Waals surface area (Å²) in [6.07, 6.45) is 3.15. The number of thiophene rings is 1. The number of amides is 1. The van der Waals surface area contributed by atoms with Gasteiger partial charge in [0.05, 0.1) is 9.35 Å². The van der Waals surface area contributed by atoms with Crippen LogP contribution >= 0.6 is 27.3 Å². The zero-order chi connectivity index (χ0) is 14.5. The zero-order valence-corrected chi connectivity index (χ0v) is 12.6. The third-order valence-corrected chi connectivity index (χ3v) is 3.98. The highest BCUT2D eigenvalue weighted by Crippen LogP contribution is 2.23. The van der Waals surface area contributed by atoms with Crippen LogP contribution in [0.3, 0.4) is 0 Å². The van der Waals surface area contributed by atoms with Gasteiger partial charge in [0.2, 0.25) is 5.91 Å². The summed E-state index contributed by atoms with van der Waals surface area (Å²) in [4.78, 5) is 23.4. The molecule has 4 nitrogen and oxygen atoms in total. The van der Waals surface area contributed by atoms with Crippen molar-refractivity contribution in [3.05, 3.63) is 56.7 Å². The summed E-state index contributed by atoms with van der Waals surface area (Å²) in [5.74, 6) is -1.26. The molecule has 2 N–H and O–H groups in total. The van der Waals surface area contributed by atoms with Gasteiger partial charge in [-0.15, -0.1) is 11.3 Å². The van der Waals surface area contributed by atoms with E-state index in [-0.39, 0.29) is 11.5 Å². The van der Waals surface area contributed by atoms with Gasteiger partial charge in [0.25, 0.3) is 0 Å². The molecule has 0 bridgehead atoms. The van der Waals surface area contributed by atoms with E-state index in [1.165, 1.54) is 29.5 Å². The number of nitrogens with one attached hydrogen (secondary N) is 1. The average Bonchev–Trinajstić information content (AvgIpc) is 2.83.